The predicted octanol–water partition coefficient (Wildman–Crippen LogP) is 5.49. The molecule has 4 aromatic rings. The van der Waals surface area contributed by atoms with Crippen LogP contribution in [-0.2, 0) is 16.6 Å². The van der Waals surface area contributed by atoms with E-state index in [-0.39, 0.29) is 11.2 Å². The van der Waals surface area contributed by atoms with E-state index in [0.29, 0.717) is 13.0 Å². The number of likely N-dealkylation sites (tertiary alicyclic amines) is 1. The van der Waals surface area contributed by atoms with Gasteiger partial charge in [0.2, 0.25) is 0 Å². The molecule has 34 heavy (non-hydrogen) atoms. The molecule has 4 heteroatoms. The summed E-state index contributed by atoms with van der Waals surface area (Å²) in [6, 6.07) is 31.3. The number of rotatable bonds is 8. The SMILES string of the molecule is O=C(Cc1ccccc1)CN1CCC(CNc2nccc3ccccc23)(c2ccccc2)CC1. The number of anilines is 1. The average molecular weight is 450 g/mol. The van der Waals surface area contributed by atoms with Crippen molar-refractivity contribution in [1.82, 2.24) is 9.88 Å². The van der Waals surface area contributed by atoms with Gasteiger partial charge in [-0.05, 0) is 48.5 Å². The molecule has 0 aliphatic carbocycles. The number of carbonyl (C=O) groups is 1. The van der Waals surface area contributed by atoms with Gasteiger partial charge in [-0.15, -0.1) is 0 Å². The Morgan fingerprint density at radius 2 is 1.53 bits per heavy atom. The predicted molar refractivity (Wildman–Crippen MR) is 139 cm³/mol. The van der Waals surface area contributed by atoms with Gasteiger partial charge in [0.1, 0.15) is 5.82 Å². The van der Waals surface area contributed by atoms with E-state index in [1.54, 1.807) is 0 Å². The number of piperidine rings is 1. The van der Waals surface area contributed by atoms with Crippen LogP contribution in [0.2, 0.25) is 0 Å². The summed E-state index contributed by atoms with van der Waals surface area (Å²) in [6.07, 6.45) is 4.40. The molecule has 2 heterocycles. The highest BCUT2D eigenvalue weighted by atomic mass is 16.1. The number of hydrogen-bond acceptors (Lipinski definition) is 4. The Morgan fingerprint density at radius 3 is 2.29 bits per heavy atom. The smallest absolute Gasteiger partial charge is 0.151 e. The summed E-state index contributed by atoms with van der Waals surface area (Å²) in [7, 11) is 0. The van der Waals surface area contributed by atoms with Gasteiger partial charge in [-0.25, -0.2) is 4.98 Å². The summed E-state index contributed by atoms with van der Waals surface area (Å²) in [6.45, 7) is 3.18. The fraction of sp³-hybridized carbons (Fsp3) is 0.267. The van der Waals surface area contributed by atoms with Gasteiger partial charge in [0.15, 0.2) is 5.78 Å². The first-order valence-corrected chi connectivity index (χ1v) is 12.1. The fourth-order valence-electron chi connectivity index (χ4n) is 5.14. The van der Waals surface area contributed by atoms with E-state index in [9.17, 15) is 4.79 Å². The van der Waals surface area contributed by atoms with Gasteiger partial charge < -0.3 is 5.32 Å². The molecule has 0 amide bonds. The number of aromatic nitrogens is 1. The van der Waals surface area contributed by atoms with Crippen molar-refractivity contribution in [2.45, 2.75) is 24.7 Å². The minimum Gasteiger partial charge on any atom is -0.369 e. The lowest BCUT2D eigenvalue weighted by Gasteiger charge is -2.42. The largest absolute Gasteiger partial charge is 0.369 e. The van der Waals surface area contributed by atoms with Crippen LogP contribution in [0.3, 0.4) is 0 Å². The average Bonchev–Trinajstić information content (AvgIpc) is 2.89. The molecule has 1 N–H and O–H groups in total. The van der Waals surface area contributed by atoms with E-state index in [1.807, 2.05) is 36.5 Å². The highest BCUT2D eigenvalue weighted by molar-refractivity contribution is 5.91. The van der Waals surface area contributed by atoms with Crippen LogP contribution in [0.25, 0.3) is 10.8 Å². The van der Waals surface area contributed by atoms with Gasteiger partial charge in [-0.1, -0.05) is 84.9 Å². The van der Waals surface area contributed by atoms with Crippen molar-refractivity contribution in [3.8, 4) is 0 Å². The number of nitrogens with zero attached hydrogens (tertiary/aromatic N) is 2. The van der Waals surface area contributed by atoms with Crippen molar-refractivity contribution in [1.29, 1.82) is 0 Å². The Morgan fingerprint density at radius 1 is 0.853 bits per heavy atom. The third-order valence-electron chi connectivity index (χ3n) is 7.11. The molecule has 1 fully saturated rings. The van der Waals surface area contributed by atoms with E-state index in [1.165, 1.54) is 10.9 Å². The first kappa shape index (κ1) is 22.3. The van der Waals surface area contributed by atoms with E-state index >= 15 is 0 Å². The van der Waals surface area contributed by atoms with Crippen LogP contribution in [0.15, 0.2) is 97.2 Å². The first-order valence-electron chi connectivity index (χ1n) is 12.1. The maximum Gasteiger partial charge on any atom is 0.151 e. The maximum atomic E-state index is 12.7. The van der Waals surface area contributed by atoms with E-state index in [0.717, 1.165) is 49.2 Å². The lowest BCUT2D eigenvalue weighted by atomic mass is 9.72. The second kappa shape index (κ2) is 10.2. The van der Waals surface area contributed by atoms with Crippen molar-refractivity contribution in [2.24, 2.45) is 0 Å². The van der Waals surface area contributed by atoms with Gasteiger partial charge in [-0.2, -0.15) is 0 Å². The van der Waals surface area contributed by atoms with Gasteiger partial charge in [0.05, 0.1) is 6.54 Å². The molecule has 172 valence electrons. The number of ketones is 1. The van der Waals surface area contributed by atoms with Crippen LogP contribution < -0.4 is 5.32 Å². The van der Waals surface area contributed by atoms with Crippen LogP contribution in [0.4, 0.5) is 5.82 Å². The van der Waals surface area contributed by atoms with Crippen LogP contribution in [0.5, 0.6) is 0 Å². The second-order valence-corrected chi connectivity index (χ2v) is 9.36. The minimum absolute atomic E-state index is 0.0128. The standard InChI is InChI=1S/C30H31N3O/c34-27(21-24-9-3-1-4-10-24)22-33-19-16-30(17-20-33,26-12-5-2-6-13-26)23-32-29-28-14-8-7-11-25(28)15-18-31-29/h1-15,18H,16-17,19-23H2,(H,31,32). The quantitative estimate of drug-likeness (QED) is 0.386. The highest BCUT2D eigenvalue weighted by Crippen LogP contribution is 2.36. The lowest BCUT2D eigenvalue weighted by Crippen LogP contribution is -2.47. The van der Waals surface area contributed by atoms with Crippen LogP contribution in [-0.4, -0.2) is 41.8 Å². The minimum atomic E-state index is 0.0128. The van der Waals surface area contributed by atoms with E-state index in [2.05, 4.69) is 75.9 Å². The van der Waals surface area contributed by atoms with Crippen molar-refractivity contribution in [3.05, 3.63) is 108 Å². The molecule has 0 unspecified atom stereocenters. The van der Waals surface area contributed by atoms with Crippen LogP contribution in [0.1, 0.15) is 24.0 Å². The van der Waals surface area contributed by atoms with Gasteiger partial charge in [-0.3, -0.25) is 9.69 Å². The summed E-state index contributed by atoms with van der Waals surface area (Å²) in [5.74, 6) is 1.23. The number of nitrogens with one attached hydrogen (secondary N) is 1. The summed E-state index contributed by atoms with van der Waals surface area (Å²) in [5, 5.41) is 6.03. The monoisotopic (exact) mass is 449 g/mol. The molecule has 1 aliphatic heterocycles. The van der Waals surface area contributed by atoms with Crippen LogP contribution >= 0.6 is 0 Å². The molecule has 0 saturated carbocycles. The molecule has 1 aliphatic rings. The van der Waals surface area contributed by atoms with Crippen molar-refractivity contribution in [3.63, 3.8) is 0 Å². The number of pyridine rings is 1. The van der Waals surface area contributed by atoms with E-state index < -0.39 is 0 Å². The van der Waals surface area contributed by atoms with Gasteiger partial charge >= 0.3 is 0 Å². The van der Waals surface area contributed by atoms with Crippen molar-refractivity contribution in [2.75, 3.05) is 31.5 Å². The van der Waals surface area contributed by atoms with Crippen molar-refractivity contribution < 1.29 is 4.79 Å². The van der Waals surface area contributed by atoms with Gasteiger partial charge in [0.25, 0.3) is 0 Å². The molecule has 1 aromatic heterocycles. The zero-order chi connectivity index (χ0) is 23.2. The molecule has 0 radical (unpaired) electrons. The summed E-state index contributed by atoms with van der Waals surface area (Å²) >= 11 is 0. The zero-order valence-electron chi connectivity index (χ0n) is 19.5. The fourth-order valence-corrected chi connectivity index (χ4v) is 5.14. The Bertz CT molecular complexity index is 1230. The lowest BCUT2D eigenvalue weighted by molar-refractivity contribution is -0.120. The Hall–Kier alpha value is -3.50. The highest BCUT2D eigenvalue weighted by Gasteiger charge is 2.36. The molecule has 4 nitrogen and oxygen atoms in total. The summed E-state index contributed by atoms with van der Waals surface area (Å²) in [4.78, 5) is 19.7. The first-order chi connectivity index (χ1) is 16.7. The summed E-state index contributed by atoms with van der Waals surface area (Å²) in [5.41, 5.74) is 2.46. The molecule has 3 aromatic carbocycles. The third kappa shape index (κ3) is 5.02. The molecule has 5 rings (SSSR count). The normalized spacial score (nSPS) is 15.8. The van der Waals surface area contributed by atoms with E-state index in [4.69, 9.17) is 0 Å². The van der Waals surface area contributed by atoms with Gasteiger partial charge in [0, 0.05) is 30.0 Å². The Kier molecular flexibility index (Phi) is 6.68. The van der Waals surface area contributed by atoms with Crippen molar-refractivity contribution >= 4 is 22.4 Å². The number of benzene rings is 3. The number of carbonyl (C=O) groups excluding carboxylic acids is 1. The number of fused-ring (bicyclic) bond motifs is 1. The molecular weight excluding hydrogens is 418 g/mol. The number of Topliss-reactive ketones (excluding diaryl/α,β-unsaturated/α-hetero) is 1. The Balaban J connectivity index is 1.28. The molecule has 0 spiro atoms. The number of hydrogen-bond donors (Lipinski definition) is 1. The molecule has 0 bridgehead atoms. The molecular formula is C30H31N3O. The Labute approximate surface area is 201 Å². The molecule has 1 saturated heterocycles. The van der Waals surface area contributed by atoms with Crippen LogP contribution in [0, 0.1) is 0 Å². The topological polar surface area (TPSA) is 45.2 Å². The maximum absolute atomic E-state index is 12.7. The third-order valence-corrected chi connectivity index (χ3v) is 7.11. The molecule has 0 atom stereocenters. The second-order valence-electron chi connectivity index (χ2n) is 9.36. The summed E-state index contributed by atoms with van der Waals surface area (Å²) < 4.78 is 0. The zero-order valence-corrected chi connectivity index (χ0v) is 19.5.